The van der Waals surface area contributed by atoms with E-state index in [2.05, 4.69) is 31.3 Å². The SMILES string of the molecule is CCCCCCCC/C=C\CCCCC(O)C(=O)NC(CS(=O)(=O)O)C(O)/C=C/CCCCCCCCCCCCCCC. The fourth-order valence-electron chi connectivity index (χ4n) is 5.39. The summed E-state index contributed by atoms with van der Waals surface area (Å²) in [6, 6.07) is -1.24. The van der Waals surface area contributed by atoms with E-state index in [-0.39, 0.29) is 6.42 Å². The van der Waals surface area contributed by atoms with Crippen LogP contribution in [0.1, 0.15) is 174 Å². The molecule has 44 heavy (non-hydrogen) atoms. The Morgan fingerprint density at radius 1 is 0.614 bits per heavy atom. The van der Waals surface area contributed by atoms with Crippen molar-refractivity contribution in [1.82, 2.24) is 5.32 Å². The van der Waals surface area contributed by atoms with Crippen LogP contribution in [0.3, 0.4) is 0 Å². The molecule has 0 aliphatic heterocycles. The van der Waals surface area contributed by atoms with Gasteiger partial charge in [0.1, 0.15) is 6.10 Å². The normalized spacial score (nSPS) is 14.4. The minimum atomic E-state index is -4.44. The maximum atomic E-state index is 12.5. The lowest BCUT2D eigenvalue weighted by molar-refractivity contribution is -0.130. The number of amides is 1. The number of aliphatic hydroxyl groups excluding tert-OH is 2. The first-order valence-electron chi connectivity index (χ1n) is 18.1. The van der Waals surface area contributed by atoms with Crippen molar-refractivity contribution in [2.24, 2.45) is 0 Å². The first kappa shape index (κ1) is 42.8. The minimum Gasteiger partial charge on any atom is -0.387 e. The van der Waals surface area contributed by atoms with E-state index < -0.39 is 40.0 Å². The van der Waals surface area contributed by atoms with Crippen LogP contribution in [-0.4, -0.2) is 53.1 Å². The van der Waals surface area contributed by atoms with Crippen molar-refractivity contribution in [3.63, 3.8) is 0 Å². The summed E-state index contributed by atoms with van der Waals surface area (Å²) in [5.74, 6) is -1.56. The highest BCUT2D eigenvalue weighted by atomic mass is 32.2. The zero-order valence-corrected chi connectivity index (χ0v) is 29.2. The Balaban J connectivity index is 4.17. The van der Waals surface area contributed by atoms with E-state index >= 15 is 0 Å². The summed E-state index contributed by atoms with van der Waals surface area (Å²) in [5.41, 5.74) is 0. The third kappa shape index (κ3) is 29.5. The number of hydrogen-bond donors (Lipinski definition) is 4. The Morgan fingerprint density at radius 3 is 1.43 bits per heavy atom. The molecule has 3 atom stereocenters. The molecule has 7 nitrogen and oxygen atoms in total. The lowest BCUT2D eigenvalue weighted by Gasteiger charge is -2.22. The molecular weight excluding hydrogens is 574 g/mol. The van der Waals surface area contributed by atoms with Crippen LogP contribution in [0.15, 0.2) is 24.3 Å². The van der Waals surface area contributed by atoms with Gasteiger partial charge < -0.3 is 15.5 Å². The third-order valence-electron chi connectivity index (χ3n) is 8.23. The maximum absolute atomic E-state index is 12.5. The van der Waals surface area contributed by atoms with Gasteiger partial charge in [0.05, 0.1) is 17.9 Å². The third-order valence-corrected chi connectivity index (χ3v) is 9.01. The van der Waals surface area contributed by atoms with Gasteiger partial charge in [0, 0.05) is 0 Å². The molecule has 0 fully saturated rings. The van der Waals surface area contributed by atoms with Crippen LogP contribution in [-0.2, 0) is 14.9 Å². The standard InChI is InChI=1S/C36H69NO6S/c1-3-5-7-9-11-13-15-17-18-19-21-22-24-26-28-30-34(38)33(32-44(41,42)43)37-36(40)35(39)31-29-27-25-23-20-16-14-12-10-8-6-4-2/h20,23,28,30,33-35,38-39H,3-19,21-22,24-27,29,31-32H2,1-2H3,(H,37,40)(H,41,42,43)/b23-20-,30-28+. The van der Waals surface area contributed by atoms with E-state index in [0.717, 1.165) is 38.5 Å². The molecule has 0 rings (SSSR count). The van der Waals surface area contributed by atoms with Gasteiger partial charge in [0.15, 0.2) is 0 Å². The Hall–Kier alpha value is -1.22. The number of carbonyl (C=O) groups excluding carboxylic acids is 1. The smallest absolute Gasteiger partial charge is 0.267 e. The van der Waals surface area contributed by atoms with Crippen molar-refractivity contribution in [1.29, 1.82) is 0 Å². The van der Waals surface area contributed by atoms with Crippen LogP contribution in [0.5, 0.6) is 0 Å². The van der Waals surface area contributed by atoms with Crippen LogP contribution in [0.25, 0.3) is 0 Å². The lowest BCUT2D eigenvalue weighted by atomic mass is 10.0. The zero-order chi connectivity index (χ0) is 32.7. The molecule has 3 unspecified atom stereocenters. The van der Waals surface area contributed by atoms with Crippen molar-refractivity contribution in [2.45, 2.75) is 193 Å². The molecule has 8 heteroatoms. The average molecular weight is 644 g/mol. The van der Waals surface area contributed by atoms with E-state index in [0.29, 0.717) is 6.42 Å². The molecule has 260 valence electrons. The van der Waals surface area contributed by atoms with Gasteiger partial charge >= 0.3 is 0 Å². The summed E-state index contributed by atoms with van der Waals surface area (Å²) in [4.78, 5) is 12.5. The summed E-state index contributed by atoms with van der Waals surface area (Å²) in [6.45, 7) is 4.47. The molecule has 4 N–H and O–H groups in total. The topological polar surface area (TPSA) is 124 Å². The van der Waals surface area contributed by atoms with Crippen molar-refractivity contribution in [3.8, 4) is 0 Å². The molecule has 0 aliphatic carbocycles. The molecule has 0 radical (unpaired) electrons. The Morgan fingerprint density at radius 2 is 1.00 bits per heavy atom. The summed E-state index contributed by atoms with van der Waals surface area (Å²) in [5, 5.41) is 23.2. The minimum absolute atomic E-state index is 0.251. The molecule has 1 amide bonds. The number of nitrogens with one attached hydrogen (secondary N) is 1. The van der Waals surface area contributed by atoms with Crippen molar-refractivity contribution < 1.29 is 28.0 Å². The number of unbranched alkanes of at least 4 members (excludes halogenated alkanes) is 21. The predicted octanol–water partition coefficient (Wildman–Crippen LogP) is 8.99. The van der Waals surface area contributed by atoms with E-state index in [4.69, 9.17) is 0 Å². The second-order valence-electron chi connectivity index (χ2n) is 12.6. The van der Waals surface area contributed by atoms with Crippen LogP contribution >= 0.6 is 0 Å². The van der Waals surface area contributed by atoms with Crippen molar-refractivity contribution in [2.75, 3.05) is 5.75 Å². The average Bonchev–Trinajstić information content (AvgIpc) is 2.98. The van der Waals surface area contributed by atoms with Crippen molar-refractivity contribution in [3.05, 3.63) is 24.3 Å². The fraction of sp³-hybridized carbons (Fsp3) is 0.861. The monoisotopic (exact) mass is 643 g/mol. The molecule has 0 aromatic carbocycles. The Bertz CT molecular complexity index is 813. The van der Waals surface area contributed by atoms with Crippen LogP contribution in [0.4, 0.5) is 0 Å². The van der Waals surface area contributed by atoms with Gasteiger partial charge in [0.2, 0.25) is 5.91 Å². The molecular formula is C36H69NO6S. The summed E-state index contributed by atoms with van der Waals surface area (Å²) in [7, 11) is -4.44. The highest BCUT2D eigenvalue weighted by Crippen LogP contribution is 2.14. The quantitative estimate of drug-likeness (QED) is 0.0329. The van der Waals surface area contributed by atoms with E-state index in [1.807, 2.05) is 0 Å². The Labute approximate surface area is 271 Å². The van der Waals surface area contributed by atoms with Crippen LogP contribution in [0.2, 0.25) is 0 Å². The Kier molecular flexibility index (Phi) is 29.6. The second kappa shape index (κ2) is 30.4. The molecule has 0 saturated carbocycles. The molecule has 0 bridgehead atoms. The number of rotatable bonds is 32. The van der Waals surface area contributed by atoms with Gasteiger partial charge in [-0.2, -0.15) is 8.42 Å². The molecule has 0 aromatic rings. The molecule has 0 spiro atoms. The summed E-state index contributed by atoms with van der Waals surface area (Å²) >= 11 is 0. The highest BCUT2D eigenvalue weighted by Gasteiger charge is 2.27. The number of aliphatic hydroxyl groups is 2. The van der Waals surface area contributed by atoms with Crippen molar-refractivity contribution >= 4 is 16.0 Å². The fourth-order valence-corrected chi connectivity index (χ4v) is 6.12. The summed E-state index contributed by atoms with van der Waals surface area (Å²) < 4.78 is 32.4. The first-order chi connectivity index (χ1) is 21.2. The lowest BCUT2D eigenvalue weighted by Crippen LogP contribution is -2.50. The van der Waals surface area contributed by atoms with Gasteiger partial charge in [-0.1, -0.05) is 154 Å². The van der Waals surface area contributed by atoms with Gasteiger partial charge in [-0.3, -0.25) is 9.35 Å². The number of allylic oxidation sites excluding steroid dienone is 3. The second-order valence-corrected chi connectivity index (χ2v) is 14.1. The van der Waals surface area contributed by atoms with Gasteiger partial charge in [-0.05, 0) is 44.9 Å². The van der Waals surface area contributed by atoms with Gasteiger partial charge in [-0.15, -0.1) is 0 Å². The highest BCUT2D eigenvalue weighted by molar-refractivity contribution is 7.85. The zero-order valence-electron chi connectivity index (χ0n) is 28.4. The number of hydrogen-bond acceptors (Lipinski definition) is 5. The molecule has 0 saturated heterocycles. The number of carbonyl (C=O) groups is 1. The van der Waals surface area contributed by atoms with Gasteiger partial charge in [0.25, 0.3) is 10.1 Å². The summed E-state index contributed by atoms with van der Waals surface area (Å²) in [6.07, 6.45) is 33.8. The molecule has 0 aliphatic rings. The first-order valence-corrected chi connectivity index (χ1v) is 19.8. The van der Waals surface area contributed by atoms with Crippen LogP contribution < -0.4 is 5.32 Å². The van der Waals surface area contributed by atoms with E-state index in [1.165, 1.54) is 115 Å². The van der Waals surface area contributed by atoms with Gasteiger partial charge in [-0.25, -0.2) is 0 Å². The van der Waals surface area contributed by atoms with E-state index in [1.54, 1.807) is 6.08 Å². The largest absolute Gasteiger partial charge is 0.387 e. The van der Waals surface area contributed by atoms with Crippen LogP contribution in [0, 0.1) is 0 Å². The molecule has 0 aromatic heterocycles. The molecule has 0 heterocycles. The maximum Gasteiger partial charge on any atom is 0.267 e. The predicted molar refractivity (Wildman–Crippen MR) is 185 cm³/mol. The van der Waals surface area contributed by atoms with E-state index in [9.17, 15) is 28.0 Å².